The van der Waals surface area contributed by atoms with Crippen LogP contribution in [-0.4, -0.2) is 61.6 Å². The van der Waals surface area contributed by atoms with Crippen LogP contribution in [0.3, 0.4) is 0 Å². The Morgan fingerprint density at radius 1 is 1.18 bits per heavy atom. The molecule has 0 saturated carbocycles. The predicted octanol–water partition coefficient (Wildman–Crippen LogP) is 3.94. The Morgan fingerprint density at radius 3 is 2.61 bits per heavy atom. The summed E-state index contributed by atoms with van der Waals surface area (Å²) in [5, 5.41) is 8.28. The van der Waals surface area contributed by atoms with Gasteiger partial charge in [-0.05, 0) is 75.0 Å². The van der Waals surface area contributed by atoms with Gasteiger partial charge in [0, 0.05) is 31.1 Å². The third-order valence-corrected chi connectivity index (χ3v) is 7.01. The second kappa shape index (κ2) is 11.2. The molecule has 1 aromatic heterocycles. The molecule has 0 radical (unpaired) electrons. The lowest BCUT2D eigenvalue weighted by molar-refractivity contribution is 0.139. The maximum atomic E-state index is 12.2. The number of urea groups is 1. The number of amides is 2. The number of piperidine rings is 1. The van der Waals surface area contributed by atoms with E-state index in [9.17, 15) is 4.79 Å². The van der Waals surface area contributed by atoms with Crippen molar-refractivity contribution in [3.05, 3.63) is 22.4 Å². The Kier molecular flexibility index (Phi) is 8.62. The lowest BCUT2D eigenvalue weighted by Gasteiger charge is -2.34. The molecule has 5 nitrogen and oxygen atoms in total. The van der Waals surface area contributed by atoms with E-state index < -0.39 is 0 Å². The molecule has 2 fully saturated rings. The van der Waals surface area contributed by atoms with Crippen LogP contribution in [-0.2, 0) is 0 Å². The fraction of sp³-hybridized carbons (Fsp3) is 0.773. The fourth-order valence-electron chi connectivity index (χ4n) is 4.83. The minimum absolute atomic E-state index is 0.0269. The maximum Gasteiger partial charge on any atom is 0.314 e. The smallest absolute Gasteiger partial charge is 0.314 e. The van der Waals surface area contributed by atoms with Gasteiger partial charge in [0.1, 0.15) is 0 Å². The highest BCUT2D eigenvalue weighted by Gasteiger charge is 2.24. The molecular weight excluding hydrogens is 368 g/mol. The Balaban J connectivity index is 1.30. The highest BCUT2D eigenvalue weighted by molar-refractivity contribution is 7.10. The number of hydrogen-bond donors (Lipinski definition) is 2. The van der Waals surface area contributed by atoms with Crippen molar-refractivity contribution >= 4 is 17.4 Å². The quantitative estimate of drug-likeness (QED) is 0.611. The minimum Gasteiger partial charge on any atom is -0.338 e. The first-order valence-electron chi connectivity index (χ1n) is 11.1. The van der Waals surface area contributed by atoms with Crippen LogP contribution in [0.15, 0.2) is 17.5 Å². The zero-order valence-electron chi connectivity index (χ0n) is 17.7. The van der Waals surface area contributed by atoms with Crippen molar-refractivity contribution in [1.82, 2.24) is 20.4 Å². The lowest BCUT2D eigenvalue weighted by Crippen LogP contribution is -2.42. The van der Waals surface area contributed by atoms with Gasteiger partial charge in [0.05, 0.1) is 6.04 Å². The van der Waals surface area contributed by atoms with Gasteiger partial charge in [-0.1, -0.05) is 19.9 Å². The maximum absolute atomic E-state index is 12.2. The molecule has 28 heavy (non-hydrogen) atoms. The molecule has 0 bridgehead atoms. The zero-order valence-corrected chi connectivity index (χ0v) is 18.5. The van der Waals surface area contributed by atoms with Crippen LogP contribution in [0, 0.1) is 11.8 Å². The van der Waals surface area contributed by atoms with Gasteiger partial charge < -0.3 is 15.5 Å². The van der Waals surface area contributed by atoms with E-state index in [1.165, 1.54) is 37.2 Å². The van der Waals surface area contributed by atoms with Crippen molar-refractivity contribution in [2.75, 3.05) is 45.8 Å². The van der Waals surface area contributed by atoms with Crippen LogP contribution < -0.4 is 10.6 Å². The largest absolute Gasteiger partial charge is 0.338 e. The second-order valence-electron chi connectivity index (χ2n) is 8.82. The normalized spacial score (nSPS) is 24.9. The molecular formula is C22H38N4OS. The molecule has 3 heterocycles. The monoisotopic (exact) mass is 406 g/mol. The highest BCUT2D eigenvalue weighted by Crippen LogP contribution is 2.27. The first-order valence-corrected chi connectivity index (χ1v) is 12.0. The van der Waals surface area contributed by atoms with E-state index in [0.717, 1.165) is 50.9 Å². The van der Waals surface area contributed by atoms with Crippen LogP contribution in [0.25, 0.3) is 0 Å². The topological polar surface area (TPSA) is 47.6 Å². The summed E-state index contributed by atoms with van der Waals surface area (Å²) in [6, 6.07) is 4.58. The van der Waals surface area contributed by atoms with Crippen molar-refractivity contribution in [3.63, 3.8) is 0 Å². The van der Waals surface area contributed by atoms with Gasteiger partial charge in [0.25, 0.3) is 0 Å². The Morgan fingerprint density at radius 2 is 1.93 bits per heavy atom. The highest BCUT2D eigenvalue weighted by atomic mass is 32.1. The molecule has 3 rings (SSSR count). The Labute approximate surface area is 174 Å². The second-order valence-corrected chi connectivity index (χ2v) is 9.80. The van der Waals surface area contributed by atoms with Crippen molar-refractivity contribution in [2.24, 2.45) is 11.8 Å². The van der Waals surface area contributed by atoms with Gasteiger partial charge >= 0.3 is 6.03 Å². The Bertz CT molecular complexity index is 563. The number of nitrogens with one attached hydrogen (secondary N) is 2. The number of carbonyl (C=O) groups is 1. The summed E-state index contributed by atoms with van der Waals surface area (Å²) in [7, 11) is 0. The summed E-state index contributed by atoms with van der Waals surface area (Å²) >= 11 is 1.79. The number of unbranched alkanes of at least 4 members (excludes halogenated alkanes) is 1. The minimum atomic E-state index is -0.0269. The van der Waals surface area contributed by atoms with Gasteiger partial charge in [0.15, 0.2) is 0 Å². The van der Waals surface area contributed by atoms with Crippen molar-refractivity contribution in [2.45, 2.75) is 52.0 Å². The van der Waals surface area contributed by atoms with Gasteiger partial charge in [0.2, 0.25) is 0 Å². The van der Waals surface area contributed by atoms with E-state index in [0.29, 0.717) is 12.6 Å². The molecule has 0 spiro atoms. The summed E-state index contributed by atoms with van der Waals surface area (Å²) in [6.45, 7) is 12.1. The molecule has 0 aromatic carbocycles. The van der Waals surface area contributed by atoms with Crippen molar-refractivity contribution in [1.29, 1.82) is 0 Å². The van der Waals surface area contributed by atoms with E-state index in [-0.39, 0.29) is 6.03 Å². The number of likely N-dealkylation sites (tertiary alicyclic amines) is 2. The summed E-state index contributed by atoms with van der Waals surface area (Å²) in [4.78, 5) is 18.7. The molecule has 3 unspecified atom stereocenters. The van der Waals surface area contributed by atoms with Crippen molar-refractivity contribution in [3.8, 4) is 0 Å². The molecule has 2 N–H and O–H groups in total. The summed E-state index contributed by atoms with van der Waals surface area (Å²) in [5.74, 6) is 1.64. The molecule has 2 saturated heterocycles. The van der Waals surface area contributed by atoms with Crippen LogP contribution in [0.1, 0.15) is 56.9 Å². The molecule has 1 aromatic rings. The molecule has 2 aliphatic heterocycles. The van der Waals surface area contributed by atoms with E-state index in [1.807, 2.05) is 0 Å². The van der Waals surface area contributed by atoms with E-state index >= 15 is 0 Å². The van der Waals surface area contributed by atoms with Gasteiger partial charge in [-0.15, -0.1) is 11.3 Å². The third kappa shape index (κ3) is 6.75. The molecule has 6 heteroatoms. The van der Waals surface area contributed by atoms with Gasteiger partial charge in [-0.2, -0.15) is 0 Å². The predicted molar refractivity (Wildman–Crippen MR) is 118 cm³/mol. The van der Waals surface area contributed by atoms with E-state index in [2.05, 4.69) is 51.8 Å². The number of hydrogen-bond acceptors (Lipinski definition) is 4. The van der Waals surface area contributed by atoms with Crippen molar-refractivity contribution < 1.29 is 4.79 Å². The molecule has 3 atom stereocenters. The Hall–Kier alpha value is -1.11. The number of nitrogens with zero attached hydrogens (tertiary/aromatic N) is 2. The van der Waals surface area contributed by atoms with Gasteiger partial charge in [-0.25, -0.2) is 4.79 Å². The van der Waals surface area contributed by atoms with Crippen LogP contribution in [0.5, 0.6) is 0 Å². The van der Waals surface area contributed by atoms with E-state index in [4.69, 9.17) is 0 Å². The molecule has 2 amide bonds. The average Bonchev–Trinajstić information content (AvgIpc) is 3.35. The fourth-order valence-corrected chi connectivity index (χ4v) is 5.69. The third-order valence-electron chi connectivity index (χ3n) is 6.04. The number of thiophene rings is 1. The van der Waals surface area contributed by atoms with Gasteiger partial charge in [-0.3, -0.25) is 4.90 Å². The summed E-state index contributed by atoms with van der Waals surface area (Å²) in [6.07, 6.45) is 6.10. The van der Waals surface area contributed by atoms with E-state index in [1.54, 1.807) is 11.3 Å². The summed E-state index contributed by atoms with van der Waals surface area (Å²) < 4.78 is 0. The van der Waals surface area contributed by atoms with Crippen LogP contribution >= 0.6 is 11.3 Å². The average molecular weight is 407 g/mol. The van der Waals surface area contributed by atoms with Crippen LogP contribution in [0.4, 0.5) is 4.79 Å². The lowest BCUT2D eigenvalue weighted by atomic mass is 9.92. The number of rotatable bonds is 9. The SMILES string of the molecule is CC1CC(C)CN(CCCCNC(=O)NCC(c2cccs2)N2CCCC2)C1. The molecule has 0 aliphatic carbocycles. The zero-order chi connectivity index (χ0) is 19.8. The summed E-state index contributed by atoms with van der Waals surface area (Å²) in [5.41, 5.74) is 0. The first-order chi connectivity index (χ1) is 13.6. The number of carbonyl (C=O) groups excluding carboxylic acids is 1. The first kappa shape index (κ1) is 21.6. The molecule has 158 valence electrons. The molecule has 2 aliphatic rings. The standard InChI is InChI=1S/C22H38N4OS/c1-18-14-19(2)17-25(16-18)10-4-3-9-23-22(27)24-15-20(21-8-7-13-28-21)26-11-5-6-12-26/h7-8,13,18-20H,3-6,9-12,14-17H2,1-2H3,(H2,23,24,27). The van der Waals surface area contributed by atoms with Crippen LogP contribution in [0.2, 0.25) is 0 Å².